The molecule has 5 rings (SSSR count). The van der Waals surface area contributed by atoms with E-state index in [-0.39, 0.29) is 18.4 Å². The van der Waals surface area contributed by atoms with Gasteiger partial charge in [-0.1, -0.05) is 36.4 Å². The van der Waals surface area contributed by atoms with Gasteiger partial charge in [0, 0.05) is 25.2 Å². The highest BCUT2D eigenvalue weighted by atomic mass is 16.3. The van der Waals surface area contributed by atoms with Gasteiger partial charge in [-0.3, -0.25) is 0 Å². The number of phenols is 1. The molecule has 3 heterocycles. The lowest BCUT2D eigenvalue weighted by atomic mass is 9.93. The normalized spacial score (nSPS) is 18.9. The second kappa shape index (κ2) is 9.33. The van der Waals surface area contributed by atoms with Gasteiger partial charge in [0.05, 0.1) is 12.6 Å². The van der Waals surface area contributed by atoms with Crippen LogP contribution in [0.1, 0.15) is 30.0 Å². The largest absolute Gasteiger partial charge is 0.508 e. The van der Waals surface area contributed by atoms with Gasteiger partial charge in [0.1, 0.15) is 5.75 Å². The molecule has 0 unspecified atom stereocenters. The number of benzene rings is 2. The van der Waals surface area contributed by atoms with Crippen LogP contribution in [0.15, 0.2) is 48.5 Å². The van der Waals surface area contributed by atoms with Crippen LogP contribution in [0.5, 0.6) is 5.75 Å². The van der Waals surface area contributed by atoms with Crippen LogP contribution in [-0.2, 0) is 6.42 Å². The molecule has 1 saturated heterocycles. The highest BCUT2D eigenvalue weighted by Gasteiger charge is 2.30. The number of fused-ring (bicyclic) bond motifs is 1. The zero-order chi connectivity index (χ0) is 22.8. The van der Waals surface area contributed by atoms with Gasteiger partial charge in [-0.15, -0.1) is 0 Å². The Morgan fingerprint density at radius 3 is 2.48 bits per heavy atom. The third kappa shape index (κ3) is 4.36. The Hall–Kier alpha value is -3.23. The van der Waals surface area contributed by atoms with Crippen molar-refractivity contribution >= 4 is 11.9 Å². The Labute approximate surface area is 193 Å². The molecule has 2 aliphatic rings. The van der Waals surface area contributed by atoms with Gasteiger partial charge >= 0.3 is 0 Å². The summed E-state index contributed by atoms with van der Waals surface area (Å²) >= 11 is 0. The molecule has 2 aliphatic heterocycles. The molecule has 0 bridgehead atoms. The molecule has 3 aromatic rings. The summed E-state index contributed by atoms with van der Waals surface area (Å²) in [5, 5.41) is 20.3. The van der Waals surface area contributed by atoms with Crippen molar-refractivity contribution in [3.05, 3.63) is 59.7 Å². The van der Waals surface area contributed by atoms with E-state index in [2.05, 4.69) is 21.9 Å². The molecule has 33 heavy (non-hydrogen) atoms. The summed E-state index contributed by atoms with van der Waals surface area (Å²) in [6.07, 6.45) is 2.88. The monoisotopic (exact) mass is 446 g/mol. The summed E-state index contributed by atoms with van der Waals surface area (Å²) in [5.74, 6) is 2.39. The lowest BCUT2D eigenvalue weighted by molar-refractivity contribution is 0.256. The van der Waals surface area contributed by atoms with E-state index in [1.165, 1.54) is 5.56 Å². The lowest BCUT2D eigenvalue weighted by Crippen LogP contribution is -2.40. The first kappa shape index (κ1) is 21.6. The number of aliphatic hydroxyl groups excluding tert-OH is 1. The van der Waals surface area contributed by atoms with Crippen molar-refractivity contribution in [1.29, 1.82) is 0 Å². The lowest BCUT2D eigenvalue weighted by Gasteiger charge is -2.37. The van der Waals surface area contributed by atoms with E-state index >= 15 is 0 Å². The minimum absolute atomic E-state index is 0.0264. The van der Waals surface area contributed by atoms with E-state index in [0.29, 0.717) is 36.7 Å². The van der Waals surface area contributed by atoms with Gasteiger partial charge < -0.3 is 25.7 Å². The molecule has 8 nitrogen and oxygen atoms in total. The number of nitrogens with two attached hydrogens (primary N) is 1. The smallest absolute Gasteiger partial charge is 0.231 e. The number of hydrogen-bond donors (Lipinski definition) is 3. The molecule has 1 fully saturated rings. The number of rotatable bonds is 5. The zero-order valence-electron chi connectivity index (χ0n) is 18.6. The quantitative estimate of drug-likeness (QED) is 0.548. The predicted octanol–water partition coefficient (Wildman–Crippen LogP) is 2.52. The summed E-state index contributed by atoms with van der Waals surface area (Å²) in [6, 6.07) is 15.0. The van der Waals surface area contributed by atoms with Gasteiger partial charge in [0.2, 0.25) is 11.9 Å². The number of nitrogens with zero attached hydrogens (tertiary/aromatic N) is 5. The molecular weight excluding hydrogens is 416 g/mol. The Morgan fingerprint density at radius 1 is 0.939 bits per heavy atom. The van der Waals surface area contributed by atoms with E-state index in [4.69, 9.17) is 20.7 Å². The van der Waals surface area contributed by atoms with Crippen molar-refractivity contribution in [2.75, 3.05) is 42.6 Å². The molecular formula is C25H30N6O2. The van der Waals surface area contributed by atoms with Crippen molar-refractivity contribution in [2.45, 2.75) is 25.3 Å². The number of piperidine rings is 1. The maximum absolute atomic E-state index is 10.3. The maximum atomic E-state index is 10.3. The molecule has 4 N–H and O–H groups in total. The topological polar surface area (TPSA) is 112 Å². The summed E-state index contributed by atoms with van der Waals surface area (Å²) in [4.78, 5) is 18.7. The van der Waals surface area contributed by atoms with E-state index in [1.807, 2.05) is 18.2 Å². The van der Waals surface area contributed by atoms with E-state index in [1.54, 1.807) is 18.2 Å². The molecule has 0 aliphatic carbocycles. The first-order valence-electron chi connectivity index (χ1n) is 11.6. The number of aromatic hydroxyl groups is 1. The highest BCUT2D eigenvalue weighted by Crippen LogP contribution is 2.34. The summed E-state index contributed by atoms with van der Waals surface area (Å²) in [7, 11) is 0. The summed E-state index contributed by atoms with van der Waals surface area (Å²) in [5.41, 5.74) is 8.97. The molecule has 8 heteroatoms. The Morgan fingerprint density at radius 2 is 1.73 bits per heavy atom. The second-order valence-electron chi connectivity index (χ2n) is 8.82. The molecule has 1 aromatic heterocycles. The van der Waals surface area contributed by atoms with Crippen LogP contribution < -0.4 is 15.5 Å². The Bertz CT molecular complexity index is 1120. The summed E-state index contributed by atoms with van der Waals surface area (Å²) < 4.78 is 0. The standard InChI is InChI=1S/C25H30N6O2/c26-15-17-8-11-30(12-9-17)24-27-23(19-5-3-6-20(33)14-19)28-25(29-24)31-13-10-18-4-1-2-7-21(18)22(31)16-32/h1-7,14,17,22,32-33H,8-13,15-16,26H2/t22-/m0/s1. The van der Waals surface area contributed by atoms with Crippen LogP contribution in [0.3, 0.4) is 0 Å². The van der Waals surface area contributed by atoms with Crippen LogP contribution >= 0.6 is 0 Å². The van der Waals surface area contributed by atoms with Gasteiger partial charge in [-0.2, -0.15) is 15.0 Å². The van der Waals surface area contributed by atoms with E-state index < -0.39 is 0 Å². The minimum Gasteiger partial charge on any atom is -0.508 e. The fourth-order valence-corrected chi connectivity index (χ4v) is 4.85. The number of phenolic OH excluding ortho intramolecular Hbond substituents is 1. The van der Waals surface area contributed by atoms with Crippen LogP contribution in [-0.4, -0.2) is 58.0 Å². The third-order valence-electron chi connectivity index (χ3n) is 6.79. The molecule has 0 spiro atoms. The van der Waals surface area contributed by atoms with Crippen molar-refractivity contribution in [3.8, 4) is 17.1 Å². The first-order valence-corrected chi connectivity index (χ1v) is 11.6. The average Bonchev–Trinajstić information content (AvgIpc) is 2.87. The van der Waals surface area contributed by atoms with E-state index in [0.717, 1.165) is 43.5 Å². The van der Waals surface area contributed by atoms with Gasteiger partial charge in [-0.05, 0) is 55.0 Å². The Kier molecular flexibility index (Phi) is 6.11. The van der Waals surface area contributed by atoms with E-state index in [9.17, 15) is 10.2 Å². The molecule has 1 atom stereocenters. The number of anilines is 2. The number of hydrogen-bond acceptors (Lipinski definition) is 8. The third-order valence-corrected chi connectivity index (χ3v) is 6.79. The molecule has 0 amide bonds. The molecule has 2 aromatic carbocycles. The minimum atomic E-state index is -0.217. The maximum Gasteiger partial charge on any atom is 0.231 e. The van der Waals surface area contributed by atoms with Gasteiger partial charge in [-0.25, -0.2) is 0 Å². The van der Waals surface area contributed by atoms with Crippen molar-refractivity contribution in [1.82, 2.24) is 15.0 Å². The van der Waals surface area contributed by atoms with Crippen molar-refractivity contribution in [2.24, 2.45) is 11.7 Å². The molecule has 172 valence electrons. The first-order chi connectivity index (χ1) is 16.2. The molecule has 0 radical (unpaired) electrons. The molecule has 0 saturated carbocycles. The SMILES string of the molecule is NCC1CCN(c2nc(-c3cccc(O)c3)nc(N3CCc4ccccc4[C@@H]3CO)n2)CC1. The Balaban J connectivity index is 1.56. The van der Waals surface area contributed by atoms with Gasteiger partial charge in [0.15, 0.2) is 5.82 Å². The van der Waals surface area contributed by atoms with Crippen LogP contribution in [0.4, 0.5) is 11.9 Å². The summed E-state index contributed by atoms with van der Waals surface area (Å²) in [6.45, 7) is 3.08. The second-order valence-corrected chi connectivity index (χ2v) is 8.82. The van der Waals surface area contributed by atoms with Crippen LogP contribution in [0.2, 0.25) is 0 Å². The van der Waals surface area contributed by atoms with Crippen LogP contribution in [0, 0.1) is 5.92 Å². The van der Waals surface area contributed by atoms with Crippen molar-refractivity contribution in [3.63, 3.8) is 0 Å². The zero-order valence-corrected chi connectivity index (χ0v) is 18.6. The highest BCUT2D eigenvalue weighted by molar-refractivity contribution is 5.61. The number of aliphatic hydroxyl groups is 1. The van der Waals surface area contributed by atoms with Crippen LogP contribution in [0.25, 0.3) is 11.4 Å². The fraction of sp³-hybridized carbons (Fsp3) is 0.400. The predicted molar refractivity (Wildman–Crippen MR) is 128 cm³/mol. The van der Waals surface area contributed by atoms with Crippen molar-refractivity contribution < 1.29 is 10.2 Å². The number of aromatic nitrogens is 3. The average molecular weight is 447 g/mol. The van der Waals surface area contributed by atoms with Gasteiger partial charge in [0.25, 0.3) is 0 Å². The fourth-order valence-electron chi connectivity index (χ4n) is 4.85.